The van der Waals surface area contributed by atoms with Crippen molar-refractivity contribution in [3.8, 4) is 0 Å². The average Bonchev–Trinajstić information content (AvgIpc) is 3.02. The molecule has 0 aliphatic heterocycles. The van der Waals surface area contributed by atoms with Gasteiger partial charge in [0.25, 0.3) is 5.91 Å². The van der Waals surface area contributed by atoms with Crippen LogP contribution in [-0.4, -0.2) is 27.4 Å². The first kappa shape index (κ1) is 28.3. The number of benzene rings is 3. The molecule has 1 N–H and O–H groups in total. The molecule has 0 spiro atoms. The van der Waals surface area contributed by atoms with E-state index in [9.17, 15) is 4.79 Å². The molecule has 0 aliphatic rings. The summed E-state index contributed by atoms with van der Waals surface area (Å²) < 4.78 is 0. The van der Waals surface area contributed by atoms with Crippen molar-refractivity contribution in [1.29, 1.82) is 0 Å². The number of halogens is 1. The van der Waals surface area contributed by atoms with E-state index in [4.69, 9.17) is 16.6 Å². The number of nitrogens with zero attached hydrogens (tertiary/aromatic N) is 4. The normalized spacial score (nSPS) is 10.8. The first-order chi connectivity index (χ1) is 20.1. The topological polar surface area (TPSA) is 71.0 Å². The van der Waals surface area contributed by atoms with Gasteiger partial charge < -0.3 is 10.2 Å². The minimum atomic E-state index is -0.113. The Balaban J connectivity index is 1.23. The van der Waals surface area contributed by atoms with Crippen LogP contribution in [0.5, 0.6) is 0 Å². The Bertz CT molecular complexity index is 1540. The van der Waals surface area contributed by atoms with E-state index in [0.29, 0.717) is 28.2 Å². The van der Waals surface area contributed by atoms with Crippen LogP contribution in [0.15, 0.2) is 121 Å². The van der Waals surface area contributed by atoms with Gasteiger partial charge in [-0.1, -0.05) is 96.2 Å². The summed E-state index contributed by atoms with van der Waals surface area (Å²) in [6, 6.07) is 34.0. The smallest absolute Gasteiger partial charge is 0.251 e. The van der Waals surface area contributed by atoms with Crippen LogP contribution >= 0.6 is 23.4 Å². The quantitative estimate of drug-likeness (QED) is 0.0975. The number of carbonyl (C=O) groups is 1. The molecule has 0 fully saturated rings. The number of hydrogen-bond donors (Lipinski definition) is 1. The monoisotopic (exact) mass is 579 g/mol. The molecule has 0 saturated carbocycles. The third-order valence-electron chi connectivity index (χ3n) is 6.50. The van der Waals surface area contributed by atoms with Gasteiger partial charge in [0, 0.05) is 49.4 Å². The van der Waals surface area contributed by atoms with E-state index in [1.165, 1.54) is 22.9 Å². The lowest BCUT2D eigenvalue weighted by Gasteiger charge is -2.24. The molecule has 1 amide bonds. The first-order valence-electron chi connectivity index (χ1n) is 13.4. The second-order valence-electron chi connectivity index (χ2n) is 9.50. The highest BCUT2D eigenvalue weighted by Crippen LogP contribution is 2.26. The summed E-state index contributed by atoms with van der Waals surface area (Å²) in [6.07, 6.45) is 4.32. The van der Waals surface area contributed by atoms with E-state index in [-0.39, 0.29) is 5.91 Å². The summed E-state index contributed by atoms with van der Waals surface area (Å²) in [5.41, 5.74) is 5.16. The third-order valence-corrected chi connectivity index (χ3v) is 7.61. The lowest BCUT2D eigenvalue weighted by atomic mass is 10.1. The van der Waals surface area contributed by atoms with Crippen LogP contribution in [0.25, 0.3) is 0 Å². The Kier molecular flexibility index (Phi) is 9.98. The van der Waals surface area contributed by atoms with Crippen molar-refractivity contribution in [3.63, 3.8) is 0 Å². The number of aromatic nitrogens is 3. The predicted molar refractivity (Wildman–Crippen MR) is 166 cm³/mol. The van der Waals surface area contributed by atoms with Gasteiger partial charge >= 0.3 is 0 Å². The maximum atomic E-state index is 12.6. The summed E-state index contributed by atoms with van der Waals surface area (Å²) in [5, 5.41) is 3.97. The van der Waals surface area contributed by atoms with Crippen molar-refractivity contribution in [2.45, 2.75) is 30.4 Å². The highest BCUT2D eigenvalue weighted by atomic mass is 35.5. The largest absolute Gasteiger partial charge is 0.352 e. The van der Waals surface area contributed by atoms with E-state index in [1.807, 2.05) is 54.6 Å². The SMILES string of the molecule is O=C(NCc1ccncc1)c1ccc(CSc2nc(Cl)cc(N(CCc3ccccc3)Cc3ccccc3)n2)cc1. The number of nitrogens with one attached hydrogen (secondary N) is 1. The second-order valence-corrected chi connectivity index (χ2v) is 10.8. The van der Waals surface area contributed by atoms with Crippen molar-refractivity contribution in [2.75, 3.05) is 11.4 Å². The molecule has 3 aromatic carbocycles. The fourth-order valence-corrected chi connectivity index (χ4v) is 5.32. The molecule has 8 heteroatoms. The van der Waals surface area contributed by atoms with Gasteiger partial charge in [-0.3, -0.25) is 9.78 Å². The maximum Gasteiger partial charge on any atom is 0.251 e. The Morgan fingerprint density at radius 2 is 1.46 bits per heavy atom. The van der Waals surface area contributed by atoms with E-state index in [1.54, 1.807) is 12.4 Å². The zero-order valence-electron chi connectivity index (χ0n) is 22.5. The van der Waals surface area contributed by atoms with Crippen LogP contribution in [0.2, 0.25) is 5.15 Å². The molecule has 0 atom stereocenters. The Morgan fingerprint density at radius 1 is 0.780 bits per heavy atom. The lowest BCUT2D eigenvalue weighted by molar-refractivity contribution is 0.0951. The molecule has 0 radical (unpaired) electrons. The third kappa shape index (κ3) is 8.64. The van der Waals surface area contributed by atoms with Gasteiger partial charge in [-0.2, -0.15) is 0 Å². The van der Waals surface area contributed by atoms with Gasteiger partial charge in [0.1, 0.15) is 11.0 Å². The molecule has 2 aromatic heterocycles. The summed E-state index contributed by atoms with van der Waals surface area (Å²) in [4.78, 5) is 28.2. The van der Waals surface area contributed by atoms with Crippen LogP contribution in [-0.2, 0) is 25.3 Å². The zero-order chi connectivity index (χ0) is 28.3. The first-order valence-corrected chi connectivity index (χ1v) is 14.7. The molecular formula is C33H30ClN5OS. The van der Waals surface area contributed by atoms with Crippen molar-refractivity contribution in [1.82, 2.24) is 20.3 Å². The minimum absolute atomic E-state index is 0.113. The number of hydrogen-bond acceptors (Lipinski definition) is 6. The standard InChI is InChI=1S/C33H30ClN5OS/c34-30-21-31(39(23-27-9-5-2-6-10-27)20-17-25-7-3-1-4-8-25)38-33(37-30)41-24-28-11-13-29(14-12-28)32(40)36-22-26-15-18-35-19-16-26/h1-16,18-19,21H,17,20,22-24H2,(H,36,40). The second kappa shape index (κ2) is 14.4. The van der Waals surface area contributed by atoms with Gasteiger partial charge in [0.05, 0.1) is 0 Å². The van der Waals surface area contributed by atoms with Gasteiger partial charge in [0.2, 0.25) is 0 Å². The molecule has 2 heterocycles. The highest BCUT2D eigenvalue weighted by Gasteiger charge is 2.14. The highest BCUT2D eigenvalue weighted by molar-refractivity contribution is 7.98. The maximum absolute atomic E-state index is 12.6. The van der Waals surface area contributed by atoms with Gasteiger partial charge in [-0.25, -0.2) is 9.97 Å². The predicted octanol–water partition coefficient (Wildman–Crippen LogP) is 7.00. The average molecular weight is 580 g/mol. The number of carbonyl (C=O) groups excluding carboxylic acids is 1. The van der Waals surface area contributed by atoms with Crippen molar-refractivity contribution >= 4 is 35.1 Å². The van der Waals surface area contributed by atoms with Gasteiger partial charge in [0.15, 0.2) is 5.16 Å². The van der Waals surface area contributed by atoms with Crippen molar-refractivity contribution in [2.24, 2.45) is 0 Å². The molecule has 0 aliphatic carbocycles. The van der Waals surface area contributed by atoms with Crippen LogP contribution in [0.1, 0.15) is 32.6 Å². The molecule has 5 rings (SSSR count). The molecule has 6 nitrogen and oxygen atoms in total. The molecule has 5 aromatic rings. The van der Waals surface area contributed by atoms with Crippen LogP contribution in [0.3, 0.4) is 0 Å². The summed E-state index contributed by atoms with van der Waals surface area (Å²) in [7, 11) is 0. The van der Waals surface area contributed by atoms with Crippen molar-refractivity contribution < 1.29 is 4.79 Å². The molecule has 41 heavy (non-hydrogen) atoms. The summed E-state index contributed by atoms with van der Waals surface area (Å²) in [6.45, 7) is 1.97. The molecule has 0 bridgehead atoms. The minimum Gasteiger partial charge on any atom is -0.352 e. The molecular weight excluding hydrogens is 550 g/mol. The van der Waals surface area contributed by atoms with E-state index in [2.05, 4.69) is 68.7 Å². The fourth-order valence-electron chi connectivity index (χ4n) is 4.28. The zero-order valence-corrected chi connectivity index (χ0v) is 24.1. The number of thioether (sulfide) groups is 1. The van der Waals surface area contributed by atoms with Crippen molar-refractivity contribution in [3.05, 3.63) is 148 Å². The number of pyridine rings is 1. The van der Waals surface area contributed by atoms with Gasteiger partial charge in [-0.15, -0.1) is 0 Å². The Hall–Kier alpha value is -4.20. The number of anilines is 1. The number of rotatable bonds is 12. The van der Waals surface area contributed by atoms with Crippen LogP contribution in [0, 0.1) is 0 Å². The van der Waals surface area contributed by atoms with E-state index < -0.39 is 0 Å². The van der Waals surface area contributed by atoms with Gasteiger partial charge in [-0.05, 0) is 52.9 Å². The number of amides is 1. The van der Waals surface area contributed by atoms with E-state index in [0.717, 1.165) is 36.5 Å². The Labute approximate surface area is 249 Å². The van der Waals surface area contributed by atoms with Crippen LogP contribution < -0.4 is 10.2 Å². The molecule has 206 valence electrons. The lowest BCUT2D eigenvalue weighted by Crippen LogP contribution is -2.26. The summed E-state index contributed by atoms with van der Waals surface area (Å²) >= 11 is 8.01. The van der Waals surface area contributed by atoms with E-state index >= 15 is 0 Å². The molecule has 0 saturated heterocycles. The summed E-state index contributed by atoms with van der Waals surface area (Å²) in [5.74, 6) is 1.34. The van der Waals surface area contributed by atoms with Crippen LogP contribution in [0.4, 0.5) is 5.82 Å². The fraction of sp³-hybridized carbons (Fsp3) is 0.152. The molecule has 0 unspecified atom stereocenters. The Morgan fingerprint density at radius 3 is 2.17 bits per heavy atom.